The normalized spacial score (nSPS) is 18.8. The van der Waals surface area contributed by atoms with Crippen LogP contribution in [-0.2, 0) is 10.3 Å². The van der Waals surface area contributed by atoms with Crippen LogP contribution in [0.5, 0.6) is 11.5 Å². The van der Waals surface area contributed by atoms with Gasteiger partial charge in [-0.1, -0.05) is 27.5 Å². The molecule has 3 rings (SSSR count). The minimum absolute atomic E-state index is 0.0444. The van der Waals surface area contributed by atoms with Crippen molar-refractivity contribution in [1.82, 2.24) is 4.98 Å². The van der Waals surface area contributed by atoms with Crippen molar-refractivity contribution in [3.63, 3.8) is 0 Å². The maximum atomic E-state index is 8.68. The summed E-state index contributed by atoms with van der Waals surface area (Å²) in [5.41, 5.74) is 7.10. The van der Waals surface area contributed by atoms with Gasteiger partial charge in [0, 0.05) is 15.6 Å². The molecular weight excluding hydrogens is 370 g/mol. The van der Waals surface area contributed by atoms with Crippen LogP contribution in [0.1, 0.15) is 11.1 Å². The number of hydrogen-bond acceptors (Lipinski definition) is 5. The number of nitrogens with zero attached hydrogens (tertiary/aromatic N) is 2. The van der Waals surface area contributed by atoms with Gasteiger partial charge in [0.15, 0.2) is 5.75 Å². The Morgan fingerprint density at radius 1 is 1.36 bits per heavy atom. The van der Waals surface area contributed by atoms with E-state index in [1.165, 1.54) is 6.20 Å². The van der Waals surface area contributed by atoms with Crippen molar-refractivity contribution < 1.29 is 9.47 Å². The molecule has 0 bridgehead atoms. The Hall–Kier alpha value is -1.65. The van der Waals surface area contributed by atoms with E-state index in [1.807, 2.05) is 24.3 Å². The van der Waals surface area contributed by atoms with Crippen LogP contribution in [0.25, 0.3) is 0 Å². The van der Waals surface area contributed by atoms with Gasteiger partial charge in [0.1, 0.15) is 17.5 Å². The van der Waals surface area contributed by atoms with Crippen LogP contribution >= 0.6 is 27.5 Å². The zero-order valence-electron chi connectivity index (χ0n) is 11.3. The maximum Gasteiger partial charge on any atom is 0.151 e. The molecule has 1 aromatic heterocycles. The molecule has 2 N–H and O–H groups in total. The number of aromatic nitrogens is 1. The summed E-state index contributed by atoms with van der Waals surface area (Å²) in [6, 6.07) is 9.17. The van der Waals surface area contributed by atoms with Crippen LogP contribution in [0, 0.1) is 11.3 Å². The quantitative estimate of drug-likeness (QED) is 0.652. The second-order valence-corrected chi connectivity index (χ2v) is 6.17. The second-order valence-electron chi connectivity index (χ2n) is 4.87. The fraction of sp³-hybridized carbons (Fsp3) is 0.200. The summed E-state index contributed by atoms with van der Waals surface area (Å²) in [4.78, 5) is 4.03. The molecule has 0 radical (unpaired) electrons. The molecule has 1 aromatic carbocycles. The van der Waals surface area contributed by atoms with Gasteiger partial charge in [0.05, 0.1) is 24.4 Å². The maximum absolute atomic E-state index is 8.68. The number of fused-ring (bicyclic) bond motifs is 2. The summed E-state index contributed by atoms with van der Waals surface area (Å²) in [5.74, 6) is 1.16. The van der Waals surface area contributed by atoms with Crippen LogP contribution in [0.2, 0.25) is 5.15 Å². The van der Waals surface area contributed by atoms with Gasteiger partial charge in [-0.2, -0.15) is 5.26 Å². The highest BCUT2D eigenvalue weighted by Crippen LogP contribution is 2.46. The van der Waals surface area contributed by atoms with Gasteiger partial charge in [-0.3, -0.25) is 0 Å². The molecular formula is C15H11BrClN3O2. The second kappa shape index (κ2) is 5.86. The Morgan fingerprint density at radius 2 is 2.14 bits per heavy atom. The summed E-state index contributed by atoms with van der Waals surface area (Å²) < 4.78 is 12.1. The number of nitrogens with two attached hydrogens (primary N) is 1. The van der Waals surface area contributed by atoms with Gasteiger partial charge in [-0.05, 0) is 24.3 Å². The van der Waals surface area contributed by atoms with Crippen molar-refractivity contribution in [2.45, 2.75) is 5.54 Å². The molecule has 0 saturated carbocycles. The number of rotatable bonds is 3. The highest BCUT2D eigenvalue weighted by Gasteiger charge is 2.40. The fourth-order valence-corrected chi connectivity index (χ4v) is 2.98. The average Bonchev–Trinajstić information content (AvgIpc) is 2.50. The molecule has 0 fully saturated rings. The highest BCUT2D eigenvalue weighted by molar-refractivity contribution is 9.10. The van der Waals surface area contributed by atoms with Crippen LogP contribution in [0.4, 0.5) is 0 Å². The van der Waals surface area contributed by atoms with E-state index in [0.717, 1.165) is 10.0 Å². The molecule has 22 heavy (non-hydrogen) atoms. The first-order valence-corrected chi connectivity index (χ1v) is 7.59. The molecule has 1 unspecified atom stereocenters. The molecule has 5 nitrogen and oxygen atoms in total. The number of halogens is 2. The van der Waals surface area contributed by atoms with Crippen molar-refractivity contribution in [3.8, 4) is 17.6 Å². The largest absolute Gasteiger partial charge is 0.455 e. The van der Waals surface area contributed by atoms with Crippen molar-refractivity contribution in [2.75, 3.05) is 13.2 Å². The van der Waals surface area contributed by atoms with Gasteiger partial charge < -0.3 is 15.2 Å². The van der Waals surface area contributed by atoms with E-state index in [-0.39, 0.29) is 13.2 Å². The third-order valence-electron chi connectivity index (χ3n) is 3.45. The summed E-state index contributed by atoms with van der Waals surface area (Å²) >= 11 is 9.43. The summed E-state index contributed by atoms with van der Waals surface area (Å²) in [5, 5.41) is 8.99. The molecule has 1 aliphatic heterocycles. The monoisotopic (exact) mass is 379 g/mol. The van der Waals surface area contributed by atoms with E-state index in [2.05, 4.69) is 20.9 Å². The molecule has 0 saturated heterocycles. The van der Waals surface area contributed by atoms with Crippen LogP contribution < -0.4 is 10.5 Å². The zero-order chi connectivity index (χ0) is 15.7. The lowest BCUT2D eigenvalue weighted by atomic mass is 9.82. The Kier molecular flexibility index (Phi) is 4.06. The Labute approximate surface area is 140 Å². The first-order chi connectivity index (χ1) is 10.5. The lowest BCUT2D eigenvalue weighted by Crippen LogP contribution is -2.45. The van der Waals surface area contributed by atoms with Gasteiger partial charge in [0.2, 0.25) is 0 Å². The topological polar surface area (TPSA) is 81.2 Å². The van der Waals surface area contributed by atoms with E-state index in [9.17, 15) is 0 Å². The van der Waals surface area contributed by atoms with E-state index >= 15 is 0 Å². The number of ether oxygens (including phenoxy) is 2. The molecule has 2 aromatic rings. The van der Waals surface area contributed by atoms with E-state index in [4.69, 9.17) is 32.1 Å². The van der Waals surface area contributed by atoms with Crippen molar-refractivity contribution in [1.29, 1.82) is 5.26 Å². The third kappa shape index (κ3) is 2.57. The standard InChI is InChI=1S/C15H11BrClN3O2/c16-9-1-2-12-10(5-9)15(19,8-21-4-3-18)11-6-14(17)20-7-13(11)22-12/h1-2,5-7H,4,8,19H2. The van der Waals surface area contributed by atoms with Gasteiger partial charge >= 0.3 is 0 Å². The van der Waals surface area contributed by atoms with Crippen molar-refractivity contribution in [3.05, 3.63) is 51.2 Å². The molecule has 7 heteroatoms. The minimum Gasteiger partial charge on any atom is -0.455 e. The average molecular weight is 381 g/mol. The predicted octanol–water partition coefficient (Wildman–Crippen LogP) is 3.35. The summed E-state index contributed by atoms with van der Waals surface area (Å²) in [6.07, 6.45) is 1.54. The highest BCUT2D eigenvalue weighted by atomic mass is 79.9. The smallest absolute Gasteiger partial charge is 0.151 e. The molecule has 1 aliphatic rings. The summed E-state index contributed by atoms with van der Waals surface area (Å²) in [6.45, 7) is 0.0814. The van der Waals surface area contributed by atoms with E-state index in [0.29, 0.717) is 22.2 Å². The number of nitriles is 1. The number of pyridine rings is 1. The lowest BCUT2D eigenvalue weighted by Gasteiger charge is -2.36. The van der Waals surface area contributed by atoms with Crippen molar-refractivity contribution in [2.24, 2.45) is 5.73 Å². The van der Waals surface area contributed by atoms with Crippen LogP contribution in [0.15, 0.2) is 34.9 Å². The van der Waals surface area contributed by atoms with Gasteiger partial charge in [-0.15, -0.1) is 0 Å². The first-order valence-electron chi connectivity index (χ1n) is 6.42. The molecule has 2 heterocycles. The first kappa shape index (κ1) is 15.3. The molecule has 0 aliphatic carbocycles. The Morgan fingerprint density at radius 3 is 2.91 bits per heavy atom. The Bertz CT molecular complexity index is 724. The fourth-order valence-electron chi connectivity index (χ4n) is 2.46. The van der Waals surface area contributed by atoms with Crippen LogP contribution in [-0.4, -0.2) is 18.2 Å². The van der Waals surface area contributed by atoms with Gasteiger partial charge in [-0.25, -0.2) is 4.98 Å². The SMILES string of the molecule is N#CCOCC1(N)c2cc(Br)ccc2Oc2cnc(Cl)cc21. The molecule has 0 spiro atoms. The van der Waals surface area contributed by atoms with E-state index < -0.39 is 5.54 Å². The minimum atomic E-state index is -0.976. The van der Waals surface area contributed by atoms with Crippen LogP contribution in [0.3, 0.4) is 0 Å². The van der Waals surface area contributed by atoms with Gasteiger partial charge in [0.25, 0.3) is 0 Å². The molecule has 1 atom stereocenters. The number of hydrogen-bond donors (Lipinski definition) is 1. The lowest BCUT2D eigenvalue weighted by molar-refractivity contribution is 0.119. The van der Waals surface area contributed by atoms with E-state index in [1.54, 1.807) is 6.07 Å². The number of benzene rings is 1. The van der Waals surface area contributed by atoms with Crippen molar-refractivity contribution >= 4 is 27.5 Å². The molecule has 0 amide bonds. The predicted molar refractivity (Wildman–Crippen MR) is 84.9 cm³/mol. The zero-order valence-corrected chi connectivity index (χ0v) is 13.7. The summed E-state index contributed by atoms with van der Waals surface area (Å²) in [7, 11) is 0. The molecule has 112 valence electrons. The third-order valence-corrected chi connectivity index (χ3v) is 4.15. The Balaban J connectivity index is 2.15.